The van der Waals surface area contributed by atoms with Crippen molar-refractivity contribution >= 4 is 5.91 Å². The van der Waals surface area contributed by atoms with Crippen molar-refractivity contribution in [2.75, 3.05) is 39.4 Å². The number of carbonyl (C=O) groups is 1. The van der Waals surface area contributed by atoms with Crippen LogP contribution in [0.2, 0.25) is 0 Å². The van der Waals surface area contributed by atoms with Crippen LogP contribution in [0.15, 0.2) is 16.5 Å². The number of ether oxygens (including phenoxy) is 1. The largest absolute Gasteiger partial charge is 0.465 e. The van der Waals surface area contributed by atoms with Crippen LogP contribution in [0.1, 0.15) is 39.7 Å². The Balaban J connectivity index is 1.33. The zero-order chi connectivity index (χ0) is 20.2. The van der Waals surface area contributed by atoms with Gasteiger partial charge in [0.25, 0.3) is 5.91 Å². The highest BCUT2D eigenvalue weighted by Gasteiger charge is 2.28. The molecule has 0 radical (unpaired) electrons. The van der Waals surface area contributed by atoms with E-state index in [1.807, 2.05) is 30.8 Å². The van der Waals surface area contributed by atoms with E-state index in [-0.39, 0.29) is 5.91 Å². The molecule has 0 saturated carbocycles. The molecule has 1 fully saturated rings. The third-order valence-electron chi connectivity index (χ3n) is 5.85. The Bertz CT molecular complexity index is 837. The molecule has 1 atom stereocenters. The molecule has 1 aliphatic carbocycles. The van der Waals surface area contributed by atoms with Crippen molar-refractivity contribution in [3.05, 3.63) is 40.6 Å². The van der Waals surface area contributed by atoms with E-state index in [2.05, 4.69) is 20.6 Å². The maximum atomic E-state index is 12.8. The molecule has 1 amide bonds. The molecule has 1 saturated heterocycles. The van der Waals surface area contributed by atoms with Gasteiger partial charge in [0, 0.05) is 50.5 Å². The Labute approximate surface area is 171 Å². The van der Waals surface area contributed by atoms with Gasteiger partial charge < -0.3 is 19.8 Å². The van der Waals surface area contributed by atoms with Crippen molar-refractivity contribution in [1.29, 1.82) is 0 Å². The van der Waals surface area contributed by atoms with Crippen molar-refractivity contribution in [2.24, 2.45) is 7.05 Å². The molecule has 3 heterocycles. The van der Waals surface area contributed by atoms with Crippen LogP contribution < -0.4 is 10.6 Å². The van der Waals surface area contributed by atoms with Gasteiger partial charge in [0.1, 0.15) is 11.5 Å². The summed E-state index contributed by atoms with van der Waals surface area (Å²) in [5.74, 6) is 1.46. The van der Waals surface area contributed by atoms with Gasteiger partial charge in [-0.1, -0.05) is 0 Å². The standard InChI is InChI=1S/C21H31N5O3/c1-15-3-5-17(29-15)14-23-21(27)20-18-13-16(4-6-19(18)25(2)24-20)22-7-8-26-9-11-28-12-10-26/h3,5,16,22H,4,6-14H2,1-2H3,(H,23,27). The number of nitrogens with zero attached hydrogens (tertiary/aromatic N) is 3. The lowest BCUT2D eigenvalue weighted by Gasteiger charge is -2.29. The summed E-state index contributed by atoms with van der Waals surface area (Å²) in [6.07, 6.45) is 2.86. The van der Waals surface area contributed by atoms with Crippen LogP contribution in [0.3, 0.4) is 0 Å². The van der Waals surface area contributed by atoms with Crippen molar-refractivity contribution in [3.63, 3.8) is 0 Å². The fourth-order valence-corrected chi connectivity index (χ4v) is 4.23. The number of furan rings is 1. The van der Waals surface area contributed by atoms with E-state index < -0.39 is 0 Å². The number of aryl methyl sites for hydroxylation is 2. The second-order valence-corrected chi connectivity index (χ2v) is 7.94. The van der Waals surface area contributed by atoms with E-state index >= 15 is 0 Å². The van der Waals surface area contributed by atoms with Gasteiger partial charge in [-0.3, -0.25) is 14.4 Å². The minimum absolute atomic E-state index is 0.134. The number of rotatable bonds is 7. The first-order valence-corrected chi connectivity index (χ1v) is 10.5. The van der Waals surface area contributed by atoms with Crippen molar-refractivity contribution in [2.45, 2.75) is 38.8 Å². The second-order valence-electron chi connectivity index (χ2n) is 7.94. The van der Waals surface area contributed by atoms with Gasteiger partial charge in [-0.25, -0.2) is 0 Å². The smallest absolute Gasteiger partial charge is 0.272 e. The van der Waals surface area contributed by atoms with Crippen LogP contribution in [0.4, 0.5) is 0 Å². The number of amides is 1. The summed E-state index contributed by atoms with van der Waals surface area (Å²) in [6, 6.07) is 4.17. The fraction of sp³-hybridized carbons (Fsp3) is 0.619. The molecule has 0 bridgehead atoms. The molecule has 8 heteroatoms. The number of nitrogens with one attached hydrogen (secondary N) is 2. The van der Waals surface area contributed by atoms with Crippen molar-refractivity contribution in [1.82, 2.24) is 25.3 Å². The first-order valence-electron chi connectivity index (χ1n) is 10.5. The van der Waals surface area contributed by atoms with E-state index in [9.17, 15) is 4.79 Å². The minimum Gasteiger partial charge on any atom is -0.465 e. The molecule has 0 spiro atoms. The topological polar surface area (TPSA) is 84.6 Å². The van der Waals surface area contributed by atoms with Gasteiger partial charge in [-0.15, -0.1) is 0 Å². The quantitative estimate of drug-likeness (QED) is 0.721. The predicted molar refractivity (Wildman–Crippen MR) is 109 cm³/mol. The first-order chi connectivity index (χ1) is 14.1. The summed E-state index contributed by atoms with van der Waals surface area (Å²) in [7, 11) is 1.93. The zero-order valence-electron chi connectivity index (χ0n) is 17.4. The second kappa shape index (κ2) is 9.11. The van der Waals surface area contributed by atoms with Gasteiger partial charge in [0.2, 0.25) is 0 Å². The van der Waals surface area contributed by atoms with Gasteiger partial charge in [0.05, 0.1) is 19.8 Å². The van der Waals surface area contributed by atoms with Crippen LogP contribution in [-0.2, 0) is 31.2 Å². The number of hydrogen-bond acceptors (Lipinski definition) is 6. The van der Waals surface area contributed by atoms with E-state index in [0.717, 1.165) is 75.7 Å². The summed E-state index contributed by atoms with van der Waals surface area (Å²) in [5, 5.41) is 11.1. The lowest BCUT2D eigenvalue weighted by molar-refractivity contribution is 0.0381. The summed E-state index contributed by atoms with van der Waals surface area (Å²) in [6.45, 7) is 7.95. The average Bonchev–Trinajstić information content (AvgIpc) is 3.30. The molecule has 1 unspecified atom stereocenters. The van der Waals surface area contributed by atoms with E-state index in [4.69, 9.17) is 9.15 Å². The molecular weight excluding hydrogens is 370 g/mol. The number of carbonyl (C=O) groups excluding carboxylic acids is 1. The first kappa shape index (κ1) is 20.1. The highest BCUT2D eigenvalue weighted by molar-refractivity contribution is 5.94. The summed E-state index contributed by atoms with van der Waals surface area (Å²) >= 11 is 0. The molecule has 0 aromatic carbocycles. The summed E-state index contributed by atoms with van der Waals surface area (Å²) in [4.78, 5) is 15.2. The zero-order valence-corrected chi connectivity index (χ0v) is 17.4. The van der Waals surface area contributed by atoms with E-state index in [1.54, 1.807) is 0 Å². The maximum absolute atomic E-state index is 12.8. The molecule has 158 valence electrons. The van der Waals surface area contributed by atoms with Crippen LogP contribution >= 0.6 is 0 Å². The number of aromatic nitrogens is 2. The Morgan fingerprint density at radius 1 is 1.31 bits per heavy atom. The molecule has 2 aromatic heterocycles. The third kappa shape index (κ3) is 4.88. The van der Waals surface area contributed by atoms with Gasteiger partial charge >= 0.3 is 0 Å². The molecule has 8 nitrogen and oxygen atoms in total. The molecule has 2 aliphatic rings. The minimum atomic E-state index is -0.134. The highest BCUT2D eigenvalue weighted by Crippen LogP contribution is 2.24. The SMILES string of the molecule is Cc1ccc(CNC(=O)c2nn(C)c3c2CC(NCCN2CCOCC2)CC3)o1. The maximum Gasteiger partial charge on any atom is 0.272 e. The lowest BCUT2D eigenvalue weighted by atomic mass is 9.91. The monoisotopic (exact) mass is 401 g/mol. The summed E-state index contributed by atoms with van der Waals surface area (Å²) < 4.78 is 12.8. The average molecular weight is 402 g/mol. The third-order valence-corrected chi connectivity index (χ3v) is 5.85. The molecular formula is C21H31N5O3. The molecule has 1 aliphatic heterocycles. The molecule has 4 rings (SSSR count). The van der Waals surface area contributed by atoms with Crippen LogP contribution in [0, 0.1) is 6.92 Å². The summed E-state index contributed by atoms with van der Waals surface area (Å²) in [5.41, 5.74) is 2.80. The molecule has 2 aromatic rings. The van der Waals surface area contributed by atoms with Crippen molar-refractivity contribution in [3.8, 4) is 0 Å². The van der Waals surface area contributed by atoms with Gasteiger partial charge in [-0.05, 0) is 38.3 Å². The Morgan fingerprint density at radius 2 is 2.14 bits per heavy atom. The van der Waals surface area contributed by atoms with Crippen LogP contribution in [-0.4, -0.2) is 66.0 Å². The predicted octanol–water partition coefficient (Wildman–Crippen LogP) is 1.03. The Morgan fingerprint density at radius 3 is 2.90 bits per heavy atom. The highest BCUT2D eigenvalue weighted by atomic mass is 16.5. The normalized spacial score (nSPS) is 19.9. The Kier molecular flexibility index (Phi) is 6.32. The molecule has 2 N–H and O–H groups in total. The fourth-order valence-electron chi connectivity index (χ4n) is 4.23. The van der Waals surface area contributed by atoms with E-state index in [1.165, 1.54) is 5.69 Å². The number of morpholine rings is 1. The van der Waals surface area contributed by atoms with E-state index in [0.29, 0.717) is 18.3 Å². The number of hydrogen-bond donors (Lipinski definition) is 2. The van der Waals surface area contributed by atoms with Crippen molar-refractivity contribution < 1.29 is 13.9 Å². The molecule has 29 heavy (non-hydrogen) atoms. The van der Waals surface area contributed by atoms with Gasteiger partial charge in [-0.2, -0.15) is 5.10 Å². The lowest BCUT2D eigenvalue weighted by Crippen LogP contribution is -2.43. The van der Waals surface area contributed by atoms with Crippen LogP contribution in [0.5, 0.6) is 0 Å². The number of fused-ring (bicyclic) bond motifs is 1. The van der Waals surface area contributed by atoms with Crippen LogP contribution in [0.25, 0.3) is 0 Å². The Hall–Kier alpha value is -2.16. The van der Waals surface area contributed by atoms with Gasteiger partial charge in [0.15, 0.2) is 5.69 Å².